The Kier molecular flexibility index (Phi) is 5.70. The Labute approximate surface area is 140 Å². The Balaban J connectivity index is 2.22. The Morgan fingerprint density at radius 3 is 2.27 bits per heavy atom. The molecule has 2 aromatic carbocycles. The van der Waals surface area contributed by atoms with Crippen molar-refractivity contribution in [2.75, 3.05) is 13.7 Å². The Morgan fingerprint density at radius 1 is 1.09 bits per heavy atom. The molecule has 0 spiro atoms. The van der Waals surface area contributed by atoms with Crippen molar-refractivity contribution in [3.05, 3.63) is 58.1 Å². The van der Waals surface area contributed by atoms with Gasteiger partial charge in [0.05, 0.1) is 11.6 Å². The van der Waals surface area contributed by atoms with Crippen LogP contribution in [0.4, 0.5) is 0 Å². The van der Waals surface area contributed by atoms with Gasteiger partial charge in [0, 0.05) is 12.1 Å². The van der Waals surface area contributed by atoms with E-state index in [0.29, 0.717) is 28.0 Å². The first-order chi connectivity index (χ1) is 10.5. The molecular weight excluding hydrogens is 323 g/mol. The van der Waals surface area contributed by atoms with E-state index in [0.717, 1.165) is 5.56 Å². The average molecular weight is 341 g/mol. The Morgan fingerprint density at radius 2 is 1.77 bits per heavy atom. The van der Waals surface area contributed by atoms with E-state index in [2.05, 4.69) is 0 Å². The molecule has 1 atom stereocenters. The van der Waals surface area contributed by atoms with Gasteiger partial charge in [-0.25, -0.2) is 0 Å². The zero-order valence-electron chi connectivity index (χ0n) is 12.5. The SMILES string of the molecule is CCC(CO)(OC)c1ccc(Oc2ccc(Cl)cc2Cl)cc1. The molecule has 0 aliphatic rings. The summed E-state index contributed by atoms with van der Waals surface area (Å²) in [6.07, 6.45) is 0.670. The summed E-state index contributed by atoms with van der Waals surface area (Å²) in [5, 5.41) is 10.6. The summed E-state index contributed by atoms with van der Waals surface area (Å²) in [7, 11) is 1.59. The number of benzene rings is 2. The fraction of sp³-hybridized carbons (Fsp3) is 0.294. The highest BCUT2D eigenvalue weighted by molar-refractivity contribution is 6.35. The normalized spacial score (nSPS) is 13.7. The molecule has 0 heterocycles. The van der Waals surface area contributed by atoms with E-state index in [1.807, 2.05) is 31.2 Å². The van der Waals surface area contributed by atoms with Crippen molar-refractivity contribution in [2.24, 2.45) is 0 Å². The number of methoxy groups -OCH3 is 1. The lowest BCUT2D eigenvalue weighted by molar-refractivity contribution is -0.0599. The Bertz CT molecular complexity index is 614. The van der Waals surface area contributed by atoms with E-state index < -0.39 is 5.60 Å². The third-order valence-corrected chi connectivity index (χ3v) is 4.25. The standard InChI is InChI=1S/C17H18Cl2O3/c1-3-17(11-20,21-2)12-4-7-14(8-5-12)22-16-9-6-13(18)10-15(16)19/h4-10,20H,3,11H2,1-2H3. The van der Waals surface area contributed by atoms with Gasteiger partial charge in [-0.05, 0) is 42.3 Å². The van der Waals surface area contributed by atoms with Crippen LogP contribution in [-0.4, -0.2) is 18.8 Å². The van der Waals surface area contributed by atoms with Gasteiger partial charge in [-0.15, -0.1) is 0 Å². The quantitative estimate of drug-likeness (QED) is 0.801. The number of aliphatic hydroxyl groups excluding tert-OH is 1. The van der Waals surface area contributed by atoms with Crippen molar-refractivity contribution >= 4 is 23.2 Å². The van der Waals surface area contributed by atoms with E-state index in [1.165, 1.54) is 0 Å². The number of rotatable bonds is 6. The first-order valence-electron chi connectivity index (χ1n) is 6.94. The molecule has 2 aromatic rings. The molecule has 0 aromatic heterocycles. The largest absolute Gasteiger partial charge is 0.456 e. The van der Waals surface area contributed by atoms with Crippen molar-refractivity contribution < 1.29 is 14.6 Å². The minimum Gasteiger partial charge on any atom is -0.456 e. The third-order valence-electron chi connectivity index (χ3n) is 3.72. The lowest BCUT2D eigenvalue weighted by atomic mass is 9.91. The topological polar surface area (TPSA) is 38.7 Å². The molecule has 5 heteroatoms. The highest BCUT2D eigenvalue weighted by Crippen LogP contribution is 2.33. The van der Waals surface area contributed by atoms with Crippen LogP contribution in [0.3, 0.4) is 0 Å². The molecule has 0 radical (unpaired) electrons. The fourth-order valence-electron chi connectivity index (χ4n) is 2.25. The van der Waals surface area contributed by atoms with Crippen molar-refractivity contribution in [3.63, 3.8) is 0 Å². The number of halogens is 2. The van der Waals surface area contributed by atoms with Crippen LogP contribution >= 0.6 is 23.2 Å². The van der Waals surface area contributed by atoms with Crippen molar-refractivity contribution in [2.45, 2.75) is 18.9 Å². The van der Waals surface area contributed by atoms with Crippen LogP contribution in [0.1, 0.15) is 18.9 Å². The first kappa shape index (κ1) is 17.1. The van der Waals surface area contributed by atoms with E-state index in [1.54, 1.807) is 25.3 Å². The Hall–Kier alpha value is -1.26. The summed E-state index contributed by atoms with van der Waals surface area (Å²) < 4.78 is 11.2. The van der Waals surface area contributed by atoms with E-state index in [-0.39, 0.29) is 6.61 Å². The van der Waals surface area contributed by atoms with Crippen molar-refractivity contribution in [3.8, 4) is 11.5 Å². The summed E-state index contributed by atoms with van der Waals surface area (Å²) in [6.45, 7) is 1.89. The molecule has 0 aliphatic carbocycles. The van der Waals surface area contributed by atoms with Gasteiger partial charge in [0.25, 0.3) is 0 Å². The molecule has 0 amide bonds. The van der Waals surface area contributed by atoms with Crippen LogP contribution in [0.5, 0.6) is 11.5 Å². The number of hydrogen-bond donors (Lipinski definition) is 1. The molecule has 0 saturated carbocycles. The van der Waals surface area contributed by atoms with Gasteiger partial charge >= 0.3 is 0 Å². The predicted molar refractivity (Wildman–Crippen MR) is 89.0 cm³/mol. The second-order valence-corrected chi connectivity index (χ2v) is 5.75. The molecule has 2 rings (SSSR count). The second-order valence-electron chi connectivity index (χ2n) is 4.91. The summed E-state index contributed by atoms with van der Waals surface area (Å²) in [5.41, 5.74) is 0.214. The van der Waals surface area contributed by atoms with Crippen LogP contribution in [0.15, 0.2) is 42.5 Å². The smallest absolute Gasteiger partial charge is 0.146 e. The van der Waals surface area contributed by atoms with E-state index >= 15 is 0 Å². The summed E-state index contributed by atoms with van der Waals surface area (Å²) in [4.78, 5) is 0. The number of aliphatic hydroxyl groups is 1. The highest BCUT2D eigenvalue weighted by Gasteiger charge is 2.29. The minimum absolute atomic E-state index is 0.0801. The van der Waals surface area contributed by atoms with Gasteiger partial charge in [-0.1, -0.05) is 42.3 Å². The molecule has 0 fully saturated rings. The maximum absolute atomic E-state index is 9.61. The maximum Gasteiger partial charge on any atom is 0.146 e. The van der Waals surface area contributed by atoms with Crippen molar-refractivity contribution in [1.29, 1.82) is 0 Å². The summed E-state index contributed by atoms with van der Waals surface area (Å²) >= 11 is 11.9. The van der Waals surface area contributed by atoms with Gasteiger partial charge in [0.15, 0.2) is 0 Å². The third kappa shape index (κ3) is 3.55. The van der Waals surface area contributed by atoms with Crippen LogP contribution < -0.4 is 4.74 Å². The molecule has 0 bridgehead atoms. The fourth-order valence-corrected chi connectivity index (χ4v) is 2.69. The molecule has 22 heavy (non-hydrogen) atoms. The lowest BCUT2D eigenvalue weighted by Crippen LogP contribution is -2.31. The van der Waals surface area contributed by atoms with Gasteiger partial charge in [0.2, 0.25) is 0 Å². The van der Waals surface area contributed by atoms with Gasteiger partial charge in [0.1, 0.15) is 17.1 Å². The first-order valence-corrected chi connectivity index (χ1v) is 7.69. The zero-order valence-corrected chi connectivity index (χ0v) is 14.0. The molecule has 0 saturated heterocycles. The van der Waals surface area contributed by atoms with Crippen LogP contribution in [0.2, 0.25) is 10.0 Å². The summed E-state index contributed by atoms with van der Waals surface area (Å²) in [6, 6.07) is 12.5. The second kappa shape index (κ2) is 7.34. The lowest BCUT2D eigenvalue weighted by Gasteiger charge is -2.29. The predicted octanol–water partition coefficient (Wildman–Crippen LogP) is 5.03. The molecule has 0 aliphatic heterocycles. The minimum atomic E-state index is -0.684. The van der Waals surface area contributed by atoms with Crippen LogP contribution in [0.25, 0.3) is 0 Å². The number of hydrogen-bond acceptors (Lipinski definition) is 3. The molecule has 1 N–H and O–H groups in total. The average Bonchev–Trinajstić information content (AvgIpc) is 2.54. The highest BCUT2D eigenvalue weighted by atomic mass is 35.5. The van der Waals surface area contributed by atoms with Gasteiger partial charge in [-0.2, -0.15) is 0 Å². The van der Waals surface area contributed by atoms with E-state index in [4.69, 9.17) is 32.7 Å². The molecule has 118 valence electrons. The monoisotopic (exact) mass is 340 g/mol. The zero-order chi connectivity index (χ0) is 16.2. The number of ether oxygens (including phenoxy) is 2. The summed E-state index contributed by atoms with van der Waals surface area (Å²) in [5.74, 6) is 1.18. The van der Waals surface area contributed by atoms with Gasteiger partial charge < -0.3 is 14.6 Å². The van der Waals surface area contributed by atoms with Crippen LogP contribution in [0, 0.1) is 0 Å². The molecule has 3 nitrogen and oxygen atoms in total. The van der Waals surface area contributed by atoms with Crippen LogP contribution in [-0.2, 0) is 10.3 Å². The molecular formula is C17H18Cl2O3. The van der Waals surface area contributed by atoms with E-state index in [9.17, 15) is 5.11 Å². The maximum atomic E-state index is 9.61. The van der Waals surface area contributed by atoms with Gasteiger partial charge in [-0.3, -0.25) is 0 Å². The van der Waals surface area contributed by atoms with Crippen molar-refractivity contribution in [1.82, 2.24) is 0 Å². The molecule has 1 unspecified atom stereocenters.